The van der Waals surface area contributed by atoms with Crippen LogP contribution in [-0.4, -0.2) is 52.9 Å². The van der Waals surface area contributed by atoms with Gasteiger partial charge in [-0.25, -0.2) is 0 Å². The quantitative estimate of drug-likeness (QED) is 0.377. The van der Waals surface area contributed by atoms with E-state index in [-0.39, 0.29) is 30.4 Å². The van der Waals surface area contributed by atoms with Gasteiger partial charge in [-0.15, -0.1) is 0 Å². The summed E-state index contributed by atoms with van der Waals surface area (Å²) in [6.45, 7) is 6.68. The molecule has 0 saturated carbocycles. The average Bonchev–Trinajstić information content (AvgIpc) is 3.33. The Kier molecular flexibility index (Phi) is 6.09. The highest BCUT2D eigenvalue weighted by molar-refractivity contribution is 6.01. The van der Waals surface area contributed by atoms with Gasteiger partial charge in [-0.2, -0.15) is 0 Å². The summed E-state index contributed by atoms with van der Waals surface area (Å²) in [7, 11) is 1.63. The van der Waals surface area contributed by atoms with Gasteiger partial charge >= 0.3 is 0 Å². The second-order valence-electron chi connectivity index (χ2n) is 10.8. The normalized spacial score (nSPS) is 20.8. The Hall–Kier alpha value is -4.26. The highest BCUT2D eigenvalue weighted by atomic mass is 16.5. The maximum atomic E-state index is 14.2. The Labute approximate surface area is 228 Å². The number of carbonyl (C=O) groups excluding carboxylic acids is 2. The number of methoxy groups -OCH3 is 1. The Morgan fingerprint density at radius 3 is 2.49 bits per heavy atom. The number of carbonyl (C=O) groups is 2. The lowest BCUT2D eigenvalue weighted by molar-refractivity contribution is -0.166. The molecule has 2 aliphatic heterocycles. The number of para-hydroxylation sites is 1. The van der Waals surface area contributed by atoms with Gasteiger partial charge in [-0.05, 0) is 55.7 Å². The number of hydrogen-bond acceptors (Lipinski definition) is 4. The van der Waals surface area contributed by atoms with Crippen molar-refractivity contribution >= 4 is 22.7 Å². The Morgan fingerprint density at radius 1 is 1.00 bits per heavy atom. The molecule has 200 valence electrons. The molecule has 0 spiro atoms. The number of ether oxygens (including phenoxy) is 2. The van der Waals surface area contributed by atoms with E-state index < -0.39 is 5.54 Å². The highest BCUT2D eigenvalue weighted by Crippen LogP contribution is 2.49. The van der Waals surface area contributed by atoms with Crippen LogP contribution in [0.1, 0.15) is 49.1 Å². The van der Waals surface area contributed by atoms with Crippen LogP contribution in [0.5, 0.6) is 11.5 Å². The number of fused-ring (bicyclic) bond motifs is 5. The number of rotatable bonds is 6. The number of aromatic nitrogens is 1. The number of piperazine rings is 1. The first-order valence-electron chi connectivity index (χ1n) is 13.4. The van der Waals surface area contributed by atoms with E-state index in [9.17, 15) is 9.59 Å². The molecule has 0 aliphatic carbocycles. The molecule has 2 atom stereocenters. The second kappa shape index (κ2) is 9.49. The number of hydrogen-bond donors (Lipinski definition) is 1. The van der Waals surface area contributed by atoms with E-state index >= 15 is 0 Å². The summed E-state index contributed by atoms with van der Waals surface area (Å²) in [5, 5.41) is 1.06. The molecule has 1 fully saturated rings. The van der Waals surface area contributed by atoms with Gasteiger partial charge in [-0.3, -0.25) is 9.59 Å². The van der Waals surface area contributed by atoms with Gasteiger partial charge in [0.05, 0.1) is 18.9 Å². The lowest BCUT2D eigenvalue weighted by Crippen LogP contribution is -2.67. The molecule has 39 heavy (non-hydrogen) atoms. The molecule has 2 aliphatic rings. The van der Waals surface area contributed by atoms with Gasteiger partial charge in [0.15, 0.2) is 17.0 Å². The van der Waals surface area contributed by atoms with E-state index in [1.54, 1.807) is 16.9 Å². The summed E-state index contributed by atoms with van der Waals surface area (Å²) in [4.78, 5) is 35.0. The molecule has 0 radical (unpaired) electrons. The lowest BCUT2D eigenvalue weighted by atomic mass is 9.76. The van der Waals surface area contributed by atoms with E-state index in [1.165, 1.54) is 0 Å². The van der Waals surface area contributed by atoms with Crippen LogP contribution in [0.4, 0.5) is 0 Å². The van der Waals surface area contributed by atoms with Gasteiger partial charge in [0, 0.05) is 29.9 Å². The third kappa shape index (κ3) is 4.04. The van der Waals surface area contributed by atoms with Crippen LogP contribution in [0, 0.1) is 0 Å². The number of nitrogens with zero attached hydrogens (tertiary/aromatic N) is 2. The number of benzene rings is 3. The molecule has 1 aromatic heterocycles. The monoisotopic (exact) mass is 523 g/mol. The van der Waals surface area contributed by atoms with Crippen LogP contribution in [0.15, 0.2) is 72.8 Å². The predicted molar refractivity (Wildman–Crippen MR) is 150 cm³/mol. The molecule has 3 heterocycles. The van der Waals surface area contributed by atoms with Gasteiger partial charge in [0.2, 0.25) is 5.91 Å². The van der Waals surface area contributed by atoms with Crippen molar-refractivity contribution in [2.75, 3.05) is 20.2 Å². The molecular weight excluding hydrogens is 490 g/mol. The molecule has 2 amide bonds. The van der Waals surface area contributed by atoms with Gasteiger partial charge in [0.25, 0.3) is 5.91 Å². The number of H-pyrrole nitrogens is 1. The Balaban J connectivity index is 1.48. The first-order chi connectivity index (χ1) is 18.8. The maximum Gasteiger partial charge on any atom is 0.255 e. The molecule has 1 saturated heterocycles. The van der Waals surface area contributed by atoms with Crippen molar-refractivity contribution in [3.05, 3.63) is 95.2 Å². The van der Waals surface area contributed by atoms with E-state index in [0.717, 1.165) is 33.3 Å². The summed E-state index contributed by atoms with van der Waals surface area (Å²) in [6.07, 6.45) is 0.0103. The van der Waals surface area contributed by atoms with E-state index in [2.05, 4.69) is 11.1 Å². The smallest absolute Gasteiger partial charge is 0.255 e. The van der Waals surface area contributed by atoms with Crippen LogP contribution in [0.3, 0.4) is 0 Å². The SMILES string of the molecule is COc1cc([C@H]2CN3C(=O)CN(Cc4ccccc4)C(=O)[C@]3(C)c3[nH]c4ccccc4c32)ccc1OC(C)C. The summed E-state index contributed by atoms with van der Waals surface area (Å²) >= 11 is 0. The largest absolute Gasteiger partial charge is 0.493 e. The standard InChI is InChI=1S/C32H33N3O4/c1-20(2)39-26-15-14-22(16-27(26)38-4)24-18-35-28(36)19-34(17-21-10-6-5-7-11-21)31(37)32(35,3)30-29(24)23-12-8-9-13-25(23)33-30/h5-16,20,24,33H,17-19H2,1-4H3/t24-,32+/m1/s1. The minimum atomic E-state index is -1.14. The molecular formula is C32H33N3O4. The molecule has 7 nitrogen and oxygen atoms in total. The van der Waals surface area contributed by atoms with Crippen LogP contribution in [0.25, 0.3) is 10.9 Å². The van der Waals surface area contributed by atoms with Crippen molar-refractivity contribution in [2.24, 2.45) is 0 Å². The minimum Gasteiger partial charge on any atom is -0.493 e. The van der Waals surface area contributed by atoms with E-state index in [1.807, 2.05) is 87.5 Å². The van der Waals surface area contributed by atoms with Gasteiger partial charge in [0.1, 0.15) is 6.54 Å². The van der Waals surface area contributed by atoms with Crippen molar-refractivity contribution in [1.82, 2.24) is 14.8 Å². The average molecular weight is 524 g/mol. The summed E-state index contributed by atoms with van der Waals surface area (Å²) in [5.41, 5.74) is 3.63. The number of nitrogens with one attached hydrogen (secondary N) is 1. The zero-order chi connectivity index (χ0) is 27.3. The Bertz CT molecular complexity index is 1560. The first-order valence-corrected chi connectivity index (χ1v) is 13.4. The molecule has 1 N–H and O–H groups in total. The summed E-state index contributed by atoms with van der Waals surface area (Å²) in [5.74, 6) is 1.04. The van der Waals surface area contributed by atoms with Gasteiger partial charge < -0.3 is 24.3 Å². The van der Waals surface area contributed by atoms with Crippen molar-refractivity contribution < 1.29 is 19.1 Å². The molecule has 7 heteroatoms. The molecule has 0 bridgehead atoms. The van der Waals surface area contributed by atoms with Crippen LogP contribution in [0.2, 0.25) is 0 Å². The molecule has 3 aromatic carbocycles. The molecule has 4 aromatic rings. The van der Waals surface area contributed by atoms with Gasteiger partial charge in [-0.1, -0.05) is 54.6 Å². The first kappa shape index (κ1) is 25.0. The maximum absolute atomic E-state index is 14.2. The topological polar surface area (TPSA) is 74.9 Å². The van der Waals surface area contributed by atoms with E-state index in [0.29, 0.717) is 24.6 Å². The third-order valence-corrected chi connectivity index (χ3v) is 7.99. The highest BCUT2D eigenvalue weighted by Gasteiger charge is 2.56. The second-order valence-corrected chi connectivity index (χ2v) is 10.8. The third-order valence-electron chi connectivity index (χ3n) is 7.99. The molecule has 6 rings (SSSR count). The van der Waals surface area contributed by atoms with Crippen LogP contribution in [-0.2, 0) is 21.7 Å². The summed E-state index contributed by atoms with van der Waals surface area (Å²) in [6, 6.07) is 23.9. The van der Waals surface area contributed by atoms with Crippen molar-refractivity contribution in [3.8, 4) is 11.5 Å². The predicted octanol–water partition coefficient (Wildman–Crippen LogP) is 5.20. The minimum absolute atomic E-state index is 0.0103. The fraction of sp³-hybridized carbons (Fsp3) is 0.312. The lowest BCUT2D eigenvalue weighted by Gasteiger charge is -2.51. The number of amides is 2. The zero-order valence-electron chi connectivity index (χ0n) is 22.7. The fourth-order valence-electron chi connectivity index (χ4n) is 6.16. The van der Waals surface area contributed by atoms with E-state index in [4.69, 9.17) is 9.47 Å². The summed E-state index contributed by atoms with van der Waals surface area (Å²) < 4.78 is 11.6. The molecule has 0 unspecified atom stereocenters. The fourth-order valence-corrected chi connectivity index (χ4v) is 6.16. The van der Waals surface area contributed by atoms with Crippen LogP contribution >= 0.6 is 0 Å². The van der Waals surface area contributed by atoms with Crippen molar-refractivity contribution in [1.29, 1.82) is 0 Å². The van der Waals surface area contributed by atoms with Crippen LogP contribution < -0.4 is 9.47 Å². The van der Waals surface area contributed by atoms with Crippen molar-refractivity contribution in [2.45, 2.75) is 44.9 Å². The Morgan fingerprint density at radius 2 is 1.74 bits per heavy atom. The number of aromatic amines is 1. The zero-order valence-corrected chi connectivity index (χ0v) is 22.7. The van der Waals surface area contributed by atoms with Crippen molar-refractivity contribution in [3.63, 3.8) is 0 Å².